The van der Waals surface area contributed by atoms with E-state index in [0.717, 1.165) is 25.2 Å². The highest BCUT2D eigenvalue weighted by atomic mass is 35.5. The zero-order valence-electron chi connectivity index (χ0n) is 12.4. The predicted octanol–water partition coefficient (Wildman–Crippen LogP) is 3.46. The van der Waals surface area contributed by atoms with Gasteiger partial charge in [0.2, 0.25) is 0 Å². The molecule has 0 spiro atoms. The van der Waals surface area contributed by atoms with E-state index in [1.165, 1.54) is 6.07 Å². The molecule has 1 unspecified atom stereocenters. The lowest BCUT2D eigenvalue weighted by molar-refractivity contribution is 0.506. The van der Waals surface area contributed by atoms with Crippen LogP contribution in [-0.4, -0.2) is 22.6 Å². The zero-order valence-corrected chi connectivity index (χ0v) is 13.2. The van der Waals surface area contributed by atoms with E-state index >= 15 is 0 Å². The smallest absolute Gasteiger partial charge is 0.127 e. The van der Waals surface area contributed by atoms with E-state index in [1.54, 1.807) is 12.1 Å². The van der Waals surface area contributed by atoms with E-state index < -0.39 is 0 Å². The van der Waals surface area contributed by atoms with E-state index in [4.69, 9.17) is 11.6 Å². The molecular formula is C16H21ClFN3. The second-order valence-corrected chi connectivity index (χ2v) is 5.54. The minimum atomic E-state index is -0.250. The fourth-order valence-corrected chi connectivity index (χ4v) is 2.69. The number of nitrogens with one attached hydrogen (secondary N) is 1. The second-order valence-electron chi connectivity index (χ2n) is 5.13. The van der Waals surface area contributed by atoms with Crippen molar-refractivity contribution in [3.05, 3.63) is 52.8 Å². The van der Waals surface area contributed by atoms with Crippen molar-refractivity contribution in [2.24, 2.45) is 0 Å². The van der Waals surface area contributed by atoms with Gasteiger partial charge in [-0.2, -0.15) is 0 Å². The molecule has 1 heterocycles. The van der Waals surface area contributed by atoms with Crippen LogP contribution >= 0.6 is 11.6 Å². The normalized spacial score (nSPS) is 12.6. The summed E-state index contributed by atoms with van der Waals surface area (Å²) in [5.74, 6) is 0.767. The van der Waals surface area contributed by atoms with E-state index in [9.17, 15) is 4.39 Å². The average Bonchev–Trinajstić information content (AvgIpc) is 2.89. The Balaban J connectivity index is 2.11. The molecule has 1 aromatic heterocycles. The molecule has 5 heteroatoms. The summed E-state index contributed by atoms with van der Waals surface area (Å²) < 4.78 is 16.0. The van der Waals surface area contributed by atoms with Crippen LogP contribution in [0.4, 0.5) is 4.39 Å². The molecule has 114 valence electrons. The standard InChI is InChI=1S/C16H21ClFN3/c1-3-8-21-9-7-20-16(21)11-12(19-2)10-13-14(17)5-4-6-15(13)18/h4-7,9,12,19H,3,8,10-11H2,1-2H3. The van der Waals surface area contributed by atoms with E-state index in [0.29, 0.717) is 17.0 Å². The van der Waals surface area contributed by atoms with Gasteiger partial charge in [0.25, 0.3) is 0 Å². The maximum atomic E-state index is 13.9. The largest absolute Gasteiger partial charge is 0.335 e. The van der Waals surface area contributed by atoms with Gasteiger partial charge in [0.15, 0.2) is 0 Å². The summed E-state index contributed by atoms with van der Waals surface area (Å²) in [5.41, 5.74) is 0.562. The number of benzene rings is 1. The molecule has 0 amide bonds. The van der Waals surface area contributed by atoms with Gasteiger partial charge in [0.1, 0.15) is 11.6 Å². The molecule has 0 radical (unpaired) electrons. The summed E-state index contributed by atoms with van der Waals surface area (Å²) in [6.07, 6.45) is 6.15. The maximum Gasteiger partial charge on any atom is 0.127 e. The number of likely N-dealkylation sites (N-methyl/N-ethyl adjacent to an activating group) is 1. The van der Waals surface area contributed by atoms with Crippen molar-refractivity contribution in [2.45, 2.75) is 38.8 Å². The molecule has 1 N–H and O–H groups in total. The molecule has 2 rings (SSSR count). The van der Waals surface area contributed by atoms with Crippen LogP contribution in [0.3, 0.4) is 0 Å². The van der Waals surface area contributed by atoms with Crippen molar-refractivity contribution in [1.29, 1.82) is 0 Å². The van der Waals surface area contributed by atoms with Crippen molar-refractivity contribution < 1.29 is 4.39 Å². The van der Waals surface area contributed by atoms with Gasteiger partial charge in [-0.1, -0.05) is 24.6 Å². The molecule has 0 saturated carbocycles. The Morgan fingerprint density at radius 2 is 2.19 bits per heavy atom. The van der Waals surface area contributed by atoms with Crippen LogP contribution in [-0.2, 0) is 19.4 Å². The highest BCUT2D eigenvalue weighted by Crippen LogP contribution is 2.21. The molecule has 3 nitrogen and oxygen atoms in total. The molecule has 1 atom stereocenters. The lowest BCUT2D eigenvalue weighted by Gasteiger charge is -2.18. The Labute approximate surface area is 130 Å². The Kier molecular flexibility index (Phi) is 5.76. The average molecular weight is 310 g/mol. The summed E-state index contributed by atoms with van der Waals surface area (Å²) in [5, 5.41) is 3.71. The number of nitrogens with zero attached hydrogens (tertiary/aromatic N) is 2. The number of hydrogen-bond acceptors (Lipinski definition) is 2. The molecular weight excluding hydrogens is 289 g/mol. The predicted molar refractivity (Wildman–Crippen MR) is 84.2 cm³/mol. The minimum absolute atomic E-state index is 0.0948. The minimum Gasteiger partial charge on any atom is -0.335 e. The van der Waals surface area contributed by atoms with Crippen molar-refractivity contribution in [3.8, 4) is 0 Å². The number of aryl methyl sites for hydroxylation is 1. The first-order valence-electron chi connectivity index (χ1n) is 7.25. The quantitative estimate of drug-likeness (QED) is 0.849. The van der Waals surface area contributed by atoms with Crippen LogP contribution in [0.25, 0.3) is 0 Å². The summed E-state index contributed by atoms with van der Waals surface area (Å²) in [6, 6.07) is 4.90. The van der Waals surface area contributed by atoms with Gasteiger partial charge in [0.05, 0.1) is 0 Å². The molecule has 21 heavy (non-hydrogen) atoms. The fourth-order valence-electron chi connectivity index (χ4n) is 2.44. The SMILES string of the molecule is CCCn1ccnc1CC(Cc1c(F)cccc1Cl)NC. The molecule has 0 fully saturated rings. The molecule has 1 aromatic carbocycles. The van der Waals surface area contributed by atoms with Gasteiger partial charge < -0.3 is 9.88 Å². The van der Waals surface area contributed by atoms with Gasteiger partial charge in [-0.15, -0.1) is 0 Å². The zero-order chi connectivity index (χ0) is 15.2. The van der Waals surface area contributed by atoms with Gasteiger partial charge in [-0.3, -0.25) is 0 Å². The van der Waals surface area contributed by atoms with Crippen molar-refractivity contribution in [1.82, 2.24) is 14.9 Å². The van der Waals surface area contributed by atoms with Crippen molar-refractivity contribution >= 4 is 11.6 Å². The summed E-state index contributed by atoms with van der Waals surface area (Å²) in [4.78, 5) is 4.41. The van der Waals surface area contributed by atoms with Crippen molar-refractivity contribution in [2.75, 3.05) is 7.05 Å². The van der Waals surface area contributed by atoms with Crippen LogP contribution < -0.4 is 5.32 Å². The number of imidazole rings is 1. The van der Waals surface area contributed by atoms with Crippen LogP contribution in [0.1, 0.15) is 24.7 Å². The number of rotatable bonds is 7. The van der Waals surface area contributed by atoms with E-state index in [1.807, 2.05) is 19.4 Å². The first-order chi connectivity index (χ1) is 10.2. The highest BCUT2D eigenvalue weighted by Gasteiger charge is 2.16. The summed E-state index contributed by atoms with van der Waals surface area (Å²) in [7, 11) is 1.88. The molecule has 0 bridgehead atoms. The summed E-state index contributed by atoms with van der Waals surface area (Å²) >= 11 is 6.10. The molecule has 0 saturated heterocycles. The number of halogens is 2. The van der Waals surface area contributed by atoms with Crippen molar-refractivity contribution in [3.63, 3.8) is 0 Å². The van der Waals surface area contributed by atoms with Crippen LogP contribution in [0.5, 0.6) is 0 Å². The van der Waals surface area contributed by atoms with Gasteiger partial charge >= 0.3 is 0 Å². The summed E-state index contributed by atoms with van der Waals surface area (Å²) in [6.45, 7) is 3.09. The molecule has 0 aliphatic carbocycles. The van der Waals surface area contributed by atoms with Crippen LogP contribution in [0, 0.1) is 5.82 Å². The Hall–Kier alpha value is -1.39. The molecule has 2 aromatic rings. The third-order valence-electron chi connectivity index (χ3n) is 3.62. The van der Waals surface area contributed by atoms with E-state index in [-0.39, 0.29) is 11.9 Å². The van der Waals surface area contributed by atoms with Gasteiger partial charge in [-0.25, -0.2) is 9.37 Å². The van der Waals surface area contributed by atoms with Gasteiger partial charge in [0, 0.05) is 42.0 Å². The molecule has 0 aliphatic heterocycles. The highest BCUT2D eigenvalue weighted by molar-refractivity contribution is 6.31. The maximum absolute atomic E-state index is 13.9. The third kappa shape index (κ3) is 4.05. The lowest BCUT2D eigenvalue weighted by Crippen LogP contribution is -2.31. The Morgan fingerprint density at radius 3 is 2.86 bits per heavy atom. The number of hydrogen-bond donors (Lipinski definition) is 1. The van der Waals surface area contributed by atoms with E-state index in [2.05, 4.69) is 21.8 Å². The Morgan fingerprint density at radius 1 is 1.38 bits per heavy atom. The second kappa shape index (κ2) is 7.57. The molecule has 0 aliphatic rings. The van der Waals surface area contributed by atoms with Gasteiger partial charge in [-0.05, 0) is 32.0 Å². The topological polar surface area (TPSA) is 29.9 Å². The van der Waals surface area contributed by atoms with Crippen LogP contribution in [0.2, 0.25) is 5.02 Å². The lowest BCUT2D eigenvalue weighted by atomic mass is 10.0. The third-order valence-corrected chi connectivity index (χ3v) is 3.97. The monoisotopic (exact) mass is 309 g/mol. The fraction of sp³-hybridized carbons (Fsp3) is 0.438. The number of aromatic nitrogens is 2. The first kappa shape index (κ1) is 16.0. The Bertz CT molecular complexity index is 562. The van der Waals surface area contributed by atoms with Crippen LogP contribution in [0.15, 0.2) is 30.6 Å². The first-order valence-corrected chi connectivity index (χ1v) is 7.63.